The van der Waals surface area contributed by atoms with E-state index in [1.807, 2.05) is 0 Å². The van der Waals surface area contributed by atoms with E-state index in [9.17, 15) is 43.2 Å². The topological polar surface area (TPSA) is 237 Å². The highest BCUT2D eigenvalue weighted by Gasteiger charge is 2.30. The van der Waals surface area contributed by atoms with Crippen LogP contribution in [0.15, 0.2) is 0 Å². The summed E-state index contributed by atoms with van der Waals surface area (Å²) in [6.07, 6.45) is 60.9. The minimum Gasteiger partial charge on any atom is -0.462 e. The van der Waals surface area contributed by atoms with Gasteiger partial charge in [-0.05, 0) is 31.6 Å². The molecule has 0 aromatic carbocycles. The Hall–Kier alpha value is -1.94. The summed E-state index contributed by atoms with van der Waals surface area (Å²) < 4.78 is 68.6. The number of carbonyl (C=O) groups is 4. The van der Waals surface area contributed by atoms with Gasteiger partial charge in [0.2, 0.25) is 0 Å². The zero-order valence-electron chi connectivity index (χ0n) is 63.2. The zero-order chi connectivity index (χ0) is 71.2. The first-order valence-corrected chi connectivity index (χ1v) is 43.6. The predicted molar refractivity (Wildman–Crippen MR) is 395 cm³/mol. The van der Waals surface area contributed by atoms with Crippen molar-refractivity contribution in [2.45, 2.75) is 432 Å². The summed E-state index contributed by atoms with van der Waals surface area (Å²) in [5, 5.41) is 10.6. The number of phosphoric ester groups is 2. The lowest BCUT2D eigenvalue weighted by atomic mass is 10.0. The van der Waals surface area contributed by atoms with E-state index in [1.54, 1.807) is 0 Å². The van der Waals surface area contributed by atoms with Crippen LogP contribution in [0, 0.1) is 5.92 Å². The third kappa shape index (κ3) is 72.2. The Kier molecular flexibility index (Phi) is 69.6. The summed E-state index contributed by atoms with van der Waals surface area (Å²) in [5.74, 6) is -1.36. The van der Waals surface area contributed by atoms with Gasteiger partial charge in [0.1, 0.15) is 19.3 Å². The lowest BCUT2D eigenvalue weighted by molar-refractivity contribution is -0.161. The fourth-order valence-corrected chi connectivity index (χ4v) is 13.6. The van der Waals surface area contributed by atoms with Gasteiger partial charge in [0, 0.05) is 25.7 Å². The van der Waals surface area contributed by atoms with Crippen molar-refractivity contribution in [1.82, 2.24) is 0 Å². The molecular weight excluding hydrogens is 1270 g/mol. The van der Waals surface area contributed by atoms with Crippen molar-refractivity contribution in [3.05, 3.63) is 0 Å². The fourth-order valence-electron chi connectivity index (χ4n) is 12.1. The van der Waals surface area contributed by atoms with Crippen LogP contribution in [0.1, 0.15) is 413 Å². The molecule has 0 saturated carbocycles. The third-order valence-corrected chi connectivity index (χ3v) is 20.2. The Bertz CT molecular complexity index is 1860. The molecule has 0 aromatic rings. The highest BCUT2D eigenvalue weighted by atomic mass is 31.2. The summed E-state index contributed by atoms with van der Waals surface area (Å²) in [7, 11) is -9.91. The molecule has 0 aliphatic carbocycles. The fraction of sp³-hybridized carbons (Fsp3) is 0.949. The molecule has 19 heteroatoms. The summed E-state index contributed by atoms with van der Waals surface area (Å²) >= 11 is 0. The number of aliphatic hydroxyl groups is 1. The van der Waals surface area contributed by atoms with E-state index in [-0.39, 0.29) is 25.7 Å². The molecule has 0 saturated heterocycles. The quantitative estimate of drug-likeness (QED) is 0.0222. The first-order valence-electron chi connectivity index (χ1n) is 40.6. The standard InChI is InChI=1S/C78H152O17P2/c1-6-9-12-15-18-21-24-26-28-29-30-31-32-34-37-43-48-53-58-63-77(82)94-73(68-89-76(81)62-57-52-47-42-36-33-27-25-22-19-16-13-10-7-2)69-92-96(84,85)90-65-72(79)66-91-97(86,87)93-70-74(67-88-75(80)61-56-51-46-41-35-23-20-17-14-11-8-3)95-78(83)64-59-54-49-44-39-38-40-45-50-55-60-71(4)5/h71-74,79H,6-70H2,1-5H3,(H,84,85)(H,86,87)/t72-,73-,74-/m1/s1. The van der Waals surface area contributed by atoms with E-state index < -0.39 is 97.5 Å². The number of phosphoric acid groups is 2. The molecule has 576 valence electrons. The summed E-state index contributed by atoms with van der Waals surface area (Å²) in [6, 6.07) is 0. The summed E-state index contributed by atoms with van der Waals surface area (Å²) in [5.41, 5.74) is 0. The second-order valence-corrected chi connectivity index (χ2v) is 31.5. The van der Waals surface area contributed by atoms with E-state index in [2.05, 4.69) is 34.6 Å². The number of hydrogen-bond donors (Lipinski definition) is 3. The Morgan fingerprint density at radius 2 is 0.474 bits per heavy atom. The summed E-state index contributed by atoms with van der Waals surface area (Å²) in [4.78, 5) is 72.9. The van der Waals surface area contributed by atoms with E-state index in [0.29, 0.717) is 25.7 Å². The Morgan fingerprint density at radius 3 is 0.701 bits per heavy atom. The minimum atomic E-state index is -4.96. The van der Waals surface area contributed by atoms with Gasteiger partial charge >= 0.3 is 39.5 Å². The SMILES string of the molecule is CCCCCCCCCCCCCCCCCCCCCC(=O)O[C@H](COC(=O)CCCCCCCCCCCCCCCC)COP(=O)(O)OC[C@@H](O)COP(=O)(O)OC[C@@H](COC(=O)CCCCCCCCCCCCC)OC(=O)CCCCCCCCCCCCC(C)C. The number of hydrogen-bond acceptors (Lipinski definition) is 15. The van der Waals surface area contributed by atoms with Gasteiger partial charge in [0.25, 0.3) is 0 Å². The van der Waals surface area contributed by atoms with Gasteiger partial charge in [-0.3, -0.25) is 37.3 Å². The van der Waals surface area contributed by atoms with Gasteiger partial charge in [0.05, 0.1) is 26.4 Å². The number of aliphatic hydroxyl groups excluding tert-OH is 1. The van der Waals surface area contributed by atoms with Crippen molar-refractivity contribution >= 4 is 39.5 Å². The van der Waals surface area contributed by atoms with E-state index in [4.69, 9.17) is 37.0 Å². The van der Waals surface area contributed by atoms with Gasteiger partial charge in [-0.15, -0.1) is 0 Å². The van der Waals surface area contributed by atoms with E-state index >= 15 is 0 Å². The highest BCUT2D eigenvalue weighted by molar-refractivity contribution is 7.47. The molecule has 3 N–H and O–H groups in total. The van der Waals surface area contributed by atoms with Gasteiger partial charge < -0.3 is 33.8 Å². The lowest BCUT2D eigenvalue weighted by Gasteiger charge is -2.21. The molecule has 0 amide bonds. The van der Waals surface area contributed by atoms with Crippen molar-refractivity contribution in [2.75, 3.05) is 39.6 Å². The van der Waals surface area contributed by atoms with Crippen molar-refractivity contribution < 1.29 is 80.2 Å². The van der Waals surface area contributed by atoms with Crippen LogP contribution in [0.3, 0.4) is 0 Å². The molecule has 0 fully saturated rings. The van der Waals surface area contributed by atoms with Crippen LogP contribution < -0.4 is 0 Å². The average molecular weight is 1420 g/mol. The molecule has 97 heavy (non-hydrogen) atoms. The molecular formula is C78H152O17P2. The molecule has 17 nitrogen and oxygen atoms in total. The number of carbonyl (C=O) groups excluding carboxylic acids is 4. The van der Waals surface area contributed by atoms with Crippen molar-refractivity contribution in [2.24, 2.45) is 5.92 Å². The Balaban J connectivity index is 5.24. The van der Waals surface area contributed by atoms with Crippen LogP contribution in [0.2, 0.25) is 0 Å². The second kappa shape index (κ2) is 71.1. The lowest BCUT2D eigenvalue weighted by Crippen LogP contribution is -2.30. The maximum Gasteiger partial charge on any atom is 0.472 e. The van der Waals surface area contributed by atoms with Crippen LogP contribution in [-0.2, 0) is 65.4 Å². The molecule has 5 atom stereocenters. The van der Waals surface area contributed by atoms with Crippen molar-refractivity contribution in [3.8, 4) is 0 Å². The molecule has 0 aromatic heterocycles. The van der Waals surface area contributed by atoms with Crippen LogP contribution in [0.4, 0.5) is 0 Å². The number of rotatable bonds is 78. The van der Waals surface area contributed by atoms with Crippen LogP contribution >= 0.6 is 15.6 Å². The first-order chi connectivity index (χ1) is 47.0. The molecule has 0 heterocycles. The molecule has 0 aliphatic heterocycles. The second-order valence-electron chi connectivity index (χ2n) is 28.6. The number of ether oxygens (including phenoxy) is 4. The van der Waals surface area contributed by atoms with Crippen LogP contribution in [-0.4, -0.2) is 96.7 Å². The van der Waals surface area contributed by atoms with Crippen molar-refractivity contribution in [3.63, 3.8) is 0 Å². The third-order valence-electron chi connectivity index (χ3n) is 18.3. The average Bonchev–Trinajstić information content (AvgIpc) is 3.72. The minimum absolute atomic E-state index is 0.107. The van der Waals surface area contributed by atoms with E-state index in [1.165, 1.54) is 238 Å². The Labute approximate surface area is 594 Å². The smallest absolute Gasteiger partial charge is 0.462 e. The van der Waals surface area contributed by atoms with Crippen LogP contribution in [0.5, 0.6) is 0 Å². The molecule has 2 unspecified atom stereocenters. The maximum atomic E-state index is 13.1. The van der Waals surface area contributed by atoms with Gasteiger partial charge in [-0.25, -0.2) is 9.13 Å². The normalized spacial score (nSPS) is 13.9. The summed E-state index contributed by atoms with van der Waals surface area (Å²) in [6.45, 7) is 7.30. The monoisotopic (exact) mass is 1420 g/mol. The van der Waals surface area contributed by atoms with Gasteiger partial charge in [-0.2, -0.15) is 0 Å². The predicted octanol–water partition coefficient (Wildman–Crippen LogP) is 23.3. The van der Waals surface area contributed by atoms with E-state index in [0.717, 1.165) is 95.8 Å². The highest BCUT2D eigenvalue weighted by Crippen LogP contribution is 2.45. The zero-order valence-corrected chi connectivity index (χ0v) is 65.0. The molecule has 0 aliphatic rings. The largest absolute Gasteiger partial charge is 0.472 e. The first kappa shape index (κ1) is 95.1. The number of unbranched alkanes of at least 4 members (excludes halogenated alkanes) is 50. The molecule has 0 spiro atoms. The van der Waals surface area contributed by atoms with Crippen molar-refractivity contribution in [1.29, 1.82) is 0 Å². The molecule has 0 rings (SSSR count). The van der Waals surface area contributed by atoms with Gasteiger partial charge in [-0.1, -0.05) is 362 Å². The number of esters is 4. The molecule has 0 bridgehead atoms. The van der Waals surface area contributed by atoms with Crippen LogP contribution in [0.25, 0.3) is 0 Å². The maximum absolute atomic E-state index is 13.1. The Morgan fingerprint density at radius 1 is 0.278 bits per heavy atom. The molecule has 0 radical (unpaired) electrons. The van der Waals surface area contributed by atoms with Gasteiger partial charge in [0.15, 0.2) is 12.2 Å².